The lowest BCUT2D eigenvalue weighted by atomic mass is 9.97. The highest BCUT2D eigenvalue weighted by Gasteiger charge is 2.35. The normalized spacial score (nSPS) is 13.1. The molecule has 0 heterocycles. The van der Waals surface area contributed by atoms with Gasteiger partial charge in [-0.1, -0.05) is 43.9 Å². The van der Waals surface area contributed by atoms with Crippen LogP contribution < -0.4 is 9.92 Å². The predicted molar refractivity (Wildman–Crippen MR) is 107 cm³/mol. The number of hydrogen-bond acceptors (Lipinski definition) is 2. The zero-order chi connectivity index (χ0) is 17.9. The lowest BCUT2D eigenvalue weighted by Gasteiger charge is -2.24. The summed E-state index contributed by atoms with van der Waals surface area (Å²) in [6.45, 7) is 9.06. The Morgan fingerprint density at radius 2 is 1.56 bits per heavy atom. The first-order valence-corrected chi connectivity index (χ1v) is 12.1. The maximum absolute atomic E-state index is 13.2. The minimum absolute atomic E-state index is 0.172. The zero-order valence-electron chi connectivity index (χ0n) is 15.4. The Morgan fingerprint density at radius 3 is 2.20 bits per heavy atom. The molecule has 0 fully saturated rings. The Kier molecular flexibility index (Phi) is 3.41. The average Bonchev–Trinajstić information content (AvgIpc) is 2.85. The molecule has 1 aliphatic rings. The van der Waals surface area contributed by atoms with E-state index in [4.69, 9.17) is 4.74 Å². The van der Waals surface area contributed by atoms with Crippen molar-refractivity contribution in [2.45, 2.75) is 26.6 Å². The van der Waals surface area contributed by atoms with Gasteiger partial charge >= 0.3 is 0 Å². The average molecular weight is 347 g/mol. The van der Waals surface area contributed by atoms with Crippen LogP contribution >= 0.6 is 0 Å². The second-order valence-electron chi connectivity index (χ2n) is 7.84. The summed E-state index contributed by atoms with van der Waals surface area (Å²) in [5.41, 5.74) is 5.10. The summed E-state index contributed by atoms with van der Waals surface area (Å²) in [5.74, 6) is 1.03. The van der Waals surface area contributed by atoms with Crippen molar-refractivity contribution in [3.05, 3.63) is 59.2 Å². The molecule has 0 atom stereocenters. The van der Waals surface area contributed by atoms with Gasteiger partial charge in [-0.15, -0.1) is 0 Å². The van der Waals surface area contributed by atoms with Crippen LogP contribution in [0.25, 0.3) is 21.9 Å². The van der Waals surface area contributed by atoms with Crippen LogP contribution in [0.1, 0.15) is 21.5 Å². The van der Waals surface area contributed by atoms with Crippen molar-refractivity contribution in [1.82, 2.24) is 0 Å². The highest BCUT2D eigenvalue weighted by Crippen LogP contribution is 2.40. The molecule has 4 rings (SSSR count). The molecule has 2 nitrogen and oxygen atoms in total. The van der Waals surface area contributed by atoms with E-state index in [0.29, 0.717) is 0 Å². The minimum Gasteiger partial charge on any atom is -0.497 e. The van der Waals surface area contributed by atoms with E-state index in [9.17, 15) is 4.79 Å². The zero-order valence-corrected chi connectivity index (χ0v) is 16.4. The highest BCUT2D eigenvalue weighted by molar-refractivity contribution is 6.91. The van der Waals surface area contributed by atoms with Crippen molar-refractivity contribution in [2.75, 3.05) is 7.11 Å². The molecule has 0 unspecified atom stereocenters. The molecular formula is C22H22O2Si. The molecule has 0 saturated heterocycles. The lowest BCUT2D eigenvalue weighted by molar-refractivity contribution is 0.104. The molecule has 25 heavy (non-hydrogen) atoms. The summed E-state index contributed by atoms with van der Waals surface area (Å²) < 4.78 is 5.51. The van der Waals surface area contributed by atoms with E-state index >= 15 is 0 Å². The van der Waals surface area contributed by atoms with Crippen LogP contribution in [0.2, 0.25) is 19.6 Å². The van der Waals surface area contributed by atoms with Crippen molar-refractivity contribution in [1.29, 1.82) is 0 Å². The van der Waals surface area contributed by atoms with E-state index in [0.717, 1.165) is 28.0 Å². The standard InChI is InChI=1S/C22H22O2Si/c1-13-10-14(24-2)11-19-17(13)12-18-15-8-6-7-9-16(15)21(23)20(18)22(19)25(3,4)5/h6-12H,1-5H3. The number of methoxy groups -OCH3 is 1. The fraction of sp³-hybridized carbons (Fsp3) is 0.227. The maximum Gasteiger partial charge on any atom is 0.194 e. The molecule has 3 heteroatoms. The molecule has 126 valence electrons. The smallest absolute Gasteiger partial charge is 0.194 e. The first kappa shape index (κ1) is 16.1. The molecule has 0 bridgehead atoms. The number of aryl methyl sites for hydroxylation is 1. The fourth-order valence-electron chi connectivity index (χ4n) is 4.05. The summed E-state index contributed by atoms with van der Waals surface area (Å²) in [5, 5.41) is 3.65. The topological polar surface area (TPSA) is 26.3 Å². The summed E-state index contributed by atoms with van der Waals surface area (Å²) >= 11 is 0. The number of rotatable bonds is 2. The van der Waals surface area contributed by atoms with Crippen molar-refractivity contribution < 1.29 is 9.53 Å². The number of carbonyl (C=O) groups excluding carboxylic acids is 1. The molecular weight excluding hydrogens is 324 g/mol. The SMILES string of the molecule is COc1cc(C)c2cc3c(c([Si](C)(C)C)c2c1)C(=O)c1ccccc1-3. The second-order valence-corrected chi connectivity index (χ2v) is 12.8. The van der Waals surface area contributed by atoms with Gasteiger partial charge in [-0.3, -0.25) is 4.79 Å². The number of ether oxygens (including phenoxy) is 1. The van der Waals surface area contributed by atoms with Gasteiger partial charge in [-0.2, -0.15) is 0 Å². The van der Waals surface area contributed by atoms with E-state index in [-0.39, 0.29) is 5.78 Å². The molecule has 0 saturated carbocycles. The monoisotopic (exact) mass is 346 g/mol. The minimum atomic E-state index is -1.77. The molecule has 3 aromatic carbocycles. The number of hydrogen-bond donors (Lipinski definition) is 0. The van der Waals surface area contributed by atoms with E-state index in [2.05, 4.69) is 50.8 Å². The largest absolute Gasteiger partial charge is 0.497 e. The summed E-state index contributed by atoms with van der Waals surface area (Å²) in [6.07, 6.45) is 0. The van der Waals surface area contributed by atoms with Crippen LogP contribution in [0, 0.1) is 6.92 Å². The molecule has 0 aliphatic heterocycles. The van der Waals surface area contributed by atoms with Gasteiger partial charge in [-0.25, -0.2) is 0 Å². The van der Waals surface area contributed by atoms with Crippen LogP contribution in [0.4, 0.5) is 0 Å². The van der Waals surface area contributed by atoms with Crippen molar-refractivity contribution in [3.63, 3.8) is 0 Å². The van der Waals surface area contributed by atoms with Crippen LogP contribution in [-0.2, 0) is 0 Å². The molecule has 0 aromatic heterocycles. The van der Waals surface area contributed by atoms with E-state index in [1.54, 1.807) is 7.11 Å². The van der Waals surface area contributed by atoms with Crippen LogP contribution in [0.15, 0.2) is 42.5 Å². The van der Waals surface area contributed by atoms with Gasteiger partial charge in [0.25, 0.3) is 0 Å². The van der Waals surface area contributed by atoms with Gasteiger partial charge in [0.1, 0.15) is 5.75 Å². The quantitative estimate of drug-likeness (QED) is 0.482. The van der Waals surface area contributed by atoms with Crippen molar-refractivity contribution in [2.24, 2.45) is 0 Å². The van der Waals surface area contributed by atoms with Gasteiger partial charge in [0.15, 0.2) is 5.78 Å². The molecule has 0 spiro atoms. The second kappa shape index (κ2) is 5.30. The number of fused-ring (bicyclic) bond motifs is 4. The lowest BCUT2D eigenvalue weighted by Crippen LogP contribution is -2.41. The third-order valence-corrected chi connectivity index (χ3v) is 7.13. The third kappa shape index (κ3) is 2.26. The number of ketones is 1. The van der Waals surface area contributed by atoms with Crippen LogP contribution in [-0.4, -0.2) is 21.0 Å². The Bertz CT molecular complexity index is 1040. The van der Waals surface area contributed by atoms with E-state index in [1.807, 2.05) is 18.2 Å². The predicted octanol–water partition coefficient (Wildman–Crippen LogP) is 4.91. The van der Waals surface area contributed by atoms with Crippen molar-refractivity contribution in [3.8, 4) is 16.9 Å². The first-order chi connectivity index (χ1) is 11.8. The van der Waals surface area contributed by atoms with Gasteiger partial charge in [0.05, 0.1) is 15.2 Å². The van der Waals surface area contributed by atoms with Gasteiger partial charge in [0.2, 0.25) is 0 Å². The maximum atomic E-state index is 13.2. The fourth-order valence-corrected chi connectivity index (χ4v) is 6.06. The Morgan fingerprint density at radius 1 is 0.880 bits per heavy atom. The van der Waals surface area contributed by atoms with Crippen molar-refractivity contribution >= 4 is 29.8 Å². The third-order valence-electron chi connectivity index (χ3n) is 5.11. The van der Waals surface area contributed by atoms with Gasteiger partial charge < -0.3 is 4.74 Å². The van der Waals surface area contributed by atoms with E-state index in [1.165, 1.54) is 21.5 Å². The summed E-state index contributed by atoms with van der Waals surface area (Å²) in [7, 11) is -0.0731. The Labute approximate surface area is 149 Å². The van der Waals surface area contributed by atoms with Crippen LogP contribution in [0.3, 0.4) is 0 Å². The molecule has 0 amide bonds. The number of benzene rings is 3. The summed E-state index contributed by atoms with van der Waals surface area (Å²) in [6, 6.07) is 14.4. The Hall–Kier alpha value is -2.39. The number of carbonyl (C=O) groups is 1. The molecule has 3 aromatic rings. The van der Waals surface area contributed by atoms with E-state index < -0.39 is 8.07 Å². The van der Waals surface area contributed by atoms with Gasteiger partial charge in [0, 0.05) is 11.1 Å². The van der Waals surface area contributed by atoms with Crippen LogP contribution in [0.5, 0.6) is 5.75 Å². The Balaban J connectivity index is 2.22. The van der Waals surface area contributed by atoms with Gasteiger partial charge in [-0.05, 0) is 57.8 Å². The molecule has 1 aliphatic carbocycles. The molecule has 0 radical (unpaired) electrons. The highest BCUT2D eigenvalue weighted by atomic mass is 28.3. The summed E-state index contributed by atoms with van der Waals surface area (Å²) in [4.78, 5) is 13.2. The first-order valence-electron chi connectivity index (χ1n) is 8.63. The molecule has 0 N–H and O–H groups in total.